The van der Waals surface area contributed by atoms with E-state index in [2.05, 4.69) is 59.8 Å². The summed E-state index contributed by atoms with van der Waals surface area (Å²) in [4.78, 5) is 13.8. The lowest BCUT2D eigenvalue weighted by Crippen LogP contribution is -2.51. The van der Waals surface area contributed by atoms with Gasteiger partial charge >= 0.3 is 0 Å². The van der Waals surface area contributed by atoms with Gasteiger partial charge in [-0.25, -0.2) is 9.97 Å². The average Bonchev–Trinajstić information content (AvgIpc) is 2.45. The normalized spacial score (nSPS) is 20.8. The number of nitrogens with zero attached hydrogens (tertiary/aromatic N) is 4. The second kappa shape index (κ2) is 6.71. The minimum Gasteiger partial charge on any atom is -0.338 e. The van der Waals surface area contributed by atoms with E-state index in [0.717, 1.165) is 37.7 Å². The van der Waals surface area contributed by atoms with Crippen LogP contribution in [0, 0.1) is 0 Å². The predicted molar refractivity (Wildman–Crippen MR) is 87.5 cm³/mol. The van der Waals surface area contributed by atoms with Crippen molar-refractivity contribution in [2.45, 2.75) is 52.2 Å². The zero-order chi connectivity index (χ0) is 15.5. The van der Waals surface area contributed by atoms with E-state index < -0.39 is 0 Å². The molecule has 1 aliphatic heterocycles. The smallest absolute Gasteiger partial charge is 0.225 e. The summed E-state index contributed by atoms with van der Waals surface area (Å²) in [5.41, 5.74) is 1.25. The van der Waals surface area contributed by atoms with Gasteiger partial charge in [-0.05, 0) is 34.2 Å². The third-order valence-electron chi connectivity index (χ3n) is 4.05. The fourth-order valence-corrected chi connectivity index (χ4v) is 2.54. The molecule has 0 spiro atoms. The molecule has 1 aromatic heterocycles. The zero-order valence-corrected chi connectivity index (χ0v) is 14.1. The first-order valence-electron chi connectivity index (χ1n) is 7.90. The molecular formula is C16H29N5. The Balaban J connectivity index is 1.96. The molecule has 0 aromatic carbocycles. The van der Waals surface area contributed by atoms with Gasteiger partial charge in [0.1, 0.15) is 0 Å². The lowest BCUT2D eigenvalue weighted by atomic mass is 10.1. The molecule has 2 heterocycles. The third kappa shape index (κ3) is 4.64. The Morgan fingerprint density at radius 1 is 1.24 bits per heavy atom. The van der Waals surface area contributed by atoms with Crippen LogP contribution in [-0.2, 0) is 6.54 Å². The zero-order valence-electron chi connectivity index (χ0n) is 14.1. The van der Waals surface area contributed by atoms with Crippen molar-refractivity contribution in [2.75, 3.05) is 31.6 Å². The van der Waals surface area contributed by atoms with Crippen LogP contribution in [-0.4, -0.2) is 53.1 Å². The second-order valence-corrected chi connectivity index (χ2v) is 6.98. The third-order valence-corrected chi connectivity index (χ3v) is 4.05. The van der Waals surface area contributed by atoms with Gasteiger partial charge in [0, 0.05) is 55.7 Å². The molecule has 5 heteroatoms. The van der Waals surface area contributed by atoms with Crippen LogP contribution in [0.2, 0.25) is 0 Å². The molecule has 1 aliphatic rings. The molecule has 1 saturated heterocycles. The number of hydrogen-bond donors (Lipinski definition) is 1. The molecule has 1 unspecified atom stereocenters. The molecule has 0 aliphatic carbocycles. The van der Waals surface area contributed by atoms with E-state index in [1.807, 2.05) is 12.4 Å². The molecule has 0 amide bonds. The van der Waals surface area contributed by atoms with Crippen molar-refractivity contribution in [3.63, 3.8) is 0 Å². The van der Waals surface area contributed by atoms with Crippen LogP contribution < -0.4 is 10.2 Å². The molecule has 5 nitrogen and oxygen atoms in total. The van der Waals surface area contributed by atoms with Gasteiger partial charge in [-0.15, -0.1) is 0 Å². The standard InChI is InChI=1S/C16H29N5/c1-6-14-12-21(8-7-20(14)5)15-17-9-13(10-18-15)11-19-16(2,3)4/h9-10,14,19H,6-8,11-12H2,1-5H3. The Morgan fingerprint density at radius 3 is 2.48 bits per heavy atom. The van der Waals surface area contributed by atoms with Gasteiger partial charge in [0.05, 0.1) is 0 Å². The quantitative estimate of drug-likeness (QED) is 0.918. The average molecular weight is 291 g/mol. The van der Waals surface area contributed by atoms with Crippen molar-refractivity contribution in [2.24, 2.45) is 0 Å². The van der Waals surface area contributed by atoms with Crippen LogP contribution in [0.15, 0.2) is 12.4 Å². The Bertz CT molecular complexity index is 437. The molecule has 1 fully saturated rings. The van der Waals surface area contributed by atoms with Gasteiger partial charge in [-0.3, -0.25) is 4.90 Å². The number of aromatic nitrogens is 2. The number of hydrogen-bond acceptors (Lipinski definition) is 5. The second-order valence-electron chi connectivity index (χ2n) is 6.98. The largest absolute Gasteiger partial charge is 0.338 e. The highest BCUT2D eigenvalue weighted by Gasteiger charge is 2.24. The lowest BCUT2D eigenvalue weighted by molar-refractivity contribution is 0.212. The topological polar surface area (TPSA) is 44.3 Å². The summed E-state index contributed by atoms with van der Waals surface area (Å²) in [6.07, 6.45) is 5.06. The van der Waals surface area contributed by atoms with E-state index in [0.29, 0.717) is 6.04 Å². The molecule has 2 rings (SSSR count). The molecule has 1 N–H and O–H groups in total. The van der Waals surface area contributed by atoms with E-state index in [1.54, 1.807) is 0 Å². The monoisotopic (exact) mass is 291 g/mol. The van der Waals surface area contributed by atoms with E-state index in [-0.39, 0.29) is 5.54 Å². The summed E-state index contributed by atoms with van der Waals surface area (Å²) in [5, 5.41) is 3.46. The van der Waals surface area contributed by atoms with Gasteiger partial charge in [0.25, 0.3) is 0 Å². The van der Waals surface area contributed by atoms with E-state index >= 15 is 0 Å². The molecule has 1 atom stereocenters. The van der Waals surface area contributed by atoms with Crippen LogP contribution in [0.25, 0.3) is 0 Å². The predicted octanol–water partition coefficient (Wildman–Crippen LogP) is 1.90. The van der Waals surface area contributed by atoms with Crippen molar-refractivity contribution in [3.8, 4) is 0 Å². The molecule has 118 valence electrons. The summed E-state index contributed by atoms with van der Waals surface area (Å²) in [5.74, 6) is 0.862. The molecule has 0 saturated carbocycles. The number of nitrogens with one attached hydrogen (secondary N) is 1. The maximum atomic E-state index is 4.55. The van der Waals surface area contributed by atoms with E-state index in [1.165, 1.54) is 6.42 Å². The van der Waals surface area contributed by atoms with Gasteiger partial charge in [-0.2, -0.15) is 0 Å². The van der Waals surface area contributed by atoms with Crippen LogP contribution in [0.5, 0.6) is 0 Å². The number of likely N-dealkylation sites (N-methyl/N-ethyl adjacent to an activating group) is 1. The summed E-state index contributed by atoms with van der Waals surface area (Å²) in [6.45, 7) is 12.7. The molecule has 0 bridgehead atoms. The molecule has 1 aromatic rings. The number of anilines is 1. The Hall–Kier alpha value is -1.20. The Kier molecular flexibility index (Phi) is 5.17. The van der Waals surface area contributed by atoms with Crippen LogP contribution in [0.1, 0.15) is 39.7 Å². The summed E-state index contributed by atoms with van der Waals surface area (Å²) in [6, 6.07) is 0.601. The van der Waals surface area contributed by atoms with Crippen molar-refractivity contribution < 1.29 is 0 Å². The highest BCUT2D eigenvalue weighted by Crippen LogP contribution is 2.16. The maximum Gasteiger partial charge on any atom is 0.225 e. The maximum absolute atomic E-state index is 4.55. The summed E-state index contributed by atoms with van der Waals surface area (Å²) >= 11 is 0. The van der Waals surface area contributed by atoms with Gasteiger partial charge in [-0.1, -0.05) is 6.92 Å². The number of piperazine rings is 1. The highest BCUT2D eigenvalue weighted by molar-refractivity contribution is 5.31. The minimum atomic E-state index is 0.116. The Morgan fingerprint density at radius 2 is 1.90 bits per heavy atom. The first-order chi connectivity index (χ1) is 9.89. The van der Waals surface area contributed by atoms with Crippen molar-refractivity contribution in [1.29, 1.82) is 0 Å². The highest BCUT2D eigenvalue weighted by atomic mass is 15.3. The molecule has 21 heavy (non-hydrogen) atoms. The summed E-state index contributed by atoms with van der Waals surface area (Å²) < 4.78 is 0. The van der Waals surface area contributed by atoms with Crippen molar-refractivity contribution >= 4 is 5.95 Å². The molecular weight excluding hydrogens is 262 g/mol. The van der Waals surface area contributed by atoms with Crippen molar-refractivity contribution in [1.82, 2.24) is 20.2 Å². The Labute approximate surface area is 128 Å². The van der Waals surface area contributed by atoms with Crippen LogP contribution in [0.4, 0.5) is 5.95 Å². The fourth-order valence-electron chi connectivity index (χ4n) is 2.54. The first kappa shape index (κ1) is 16.2. The van der Waals surface area contributed by atoms with Gasteiger partial charge in [0.2, 0.25) is 5.95 Å². The van der Waals surface area contributed by atoms with Crippen molar-refractivity contribution in [3.05, 3.63) is 18.0 Å². The first-order valence-corrected chi connectivity index (χ1v) is 7.90. The lowest BCUT2D eigenvalue weighted by Gasteiger charge is -2.39. The number of rotatable bonds is 4. The van der Waals surface area contributed by atoms with E-state index in [9.17, 15) is 0 Å². The SMILES string of the molecule is CCC1CN(c2ncc(CNC(C)(C)C)cn2)CCN1C. The van der Waals surface area contributed by atoms with Gasteiger partial charge < -0.3 is 10.2 Å². The summed E-state index contributed by atoms with van der Waals surface area (Å²) in [7, 11) is 2.20. The van der Waals surface area contributed by atoms with Gasteiger partial charge in [0.15, 0.2) is 0 Å². The fraction of sp³-hybridized carbons (Fsp3) is 0.750. The minimum absolute atomic E-state index is 0.116. The van der Waals surface area contributed by atoms with Crippen LogP contribution in [0.3, 0.4) is 0 Å². The molecule has 0 radical (unpaired) electrons. The van der Waals surface area contributed by atoms with Crippen LogP contribution >= 0.6 is 0 Å². The van der Waals surface area contributed by atoms with E-state index in [4.69, 9.17) is 0 Å².